The van der Waals surface area contributed by atoms with Crippen LogP contribution in [0.2, 0.25) is 0 Å². The van der Waals surface area contributed by atoms with E-state index in [0.29, 0.717) is 51.1 Å². The van der Waals surface area contributed by atoms with Gasteiger partial charge in [0.05, 0.1) is 48.5 Å². The molecule has 2 aliphatic heterocycles. The zero-order valence-electron chi connectivity index (χ0n) is 34.0. The van der Waals surface area contributed by atoms with Gasteiger partial charge < -0.3 is 40.5 Å². The highest BCUT2D eigenvalue weighted by Gasteiger charge is 2.43. The van der Waals surface area contributed by atoms with Gasteiger partial charge in [0.15, 0.2) is 0 Å². The average molecular weight is 852 g/mol. The van der Waals surface area contributed by atoms with Gasteiger partial charge in [0, 0.05) is 75.8 Å². The van der Waals surface area contributed by atoms with Crippen LogP contribution in [0.15, 0.2) is 49.1 Å². The summed E-state index contributed by atoms with van der Waals surface area (Å²) >= 11 is 0. The van der Waals surface area contributed by atoms with Crippen LogP contribution in [0.3, 0.4) is 0 Å². The molecule has 2 aromatic heterocycles. The van der Waals surface area contributed by atoms with Crippen LogP contribution in [0, 0.1) is 11.8 Å². The molecule has 0 bridgehead atoms. The molecule has 0 unspecified atom stereocenters. The van der Waals surface area contributed by atoms with Gasteiger partial charge in [0.25, 0.3) is 0 Å². The van der Waals surface area contributed by atoms with Crippen molar-refractivity contribution >= 4 is 46.3 Å². The Balaban J connectivity index is 0.711. The monoisotopic (exact) mass is 851 g/mol. The number of anilines is 1. The van der Waals surface area contributed by atoms with Crippen LogP contribution in [-0.2, 0) is 39.6 Å². The number of nitrogens with one attached hydrogen (secondary N) is 4. The minimum absolute atomic E-state index is 0.0392. The van der Waals surface area contributed by atoms with Gasteiger partial charge in [-0.05, 0) is 74.8 Å². The number of aromatic nitrogens is 3. The number of ether oxygens (including phenoxy) is 2. The third-order valence-electron chi connectivity index (χ3n) is 12.1. The summed E-state index contributed by atoms with van der Waals surface area (Å²) in [6.45, 7) is 1.96. The van der Waals surface area contributed by atoms with Crippen molar-refractivity contribution in [2.24, 2.45) is 11.8 Å². The van der Waals surface area contributed by atoms with Gasteiger partial charge in [0.1, 0.15) is 18.2 Å². The summed E-state index contributed by atoms with van der Waals surface area (Å²) in [5.41, 5.74) is 0.320. The number of fused-ring (bicyclic) bond motifs is 1. The number of likely N-dealkylation sites (tertiary alicyclic amines) is 2. The topological polar surface area (TPSA) is 197 Å². The second-order valence-electron chi connectivity index (χ2n) is 16.2. The SMILES string of the molecule is CN1C(=O)C[C@H](C(=O)NCCO[C@H]2CC[C@H](OCCC(=O)N[C@H]3C[C@@H](C(=O)NCCN4CC[C@H](Nc5ncnc6ccc(C(F)(F)F)cc56)C4=O)C3)CC2)[C@H]1c1cccnc1. The fourth-order valence-electron chi connectivity index (χ4n) is 8.64. The normalized spacial score (nSPS) is 25.3. The van der Waals surface area contributed by atoms with Gasteiger partial charge in [-0.1, -0.05) is 6.07 Å². The van der Waals surface area contributed by atoms with E-state index in [9.17, 15) is 37.1 Å². The Hall–Kier alpha value is -5.43. The molecule has 4 N–H and O–H groups in total. The first-order valence-electron chi connectivity index (χ1n) is 20.9. The standard InChI is InChI=1S/C42H52F3N9O7/c1-53-36(56)22-32(37(53)25-3-2-12-46-23-25)40(58)48-14-18-61-30-7-5-29(6-8-30)60-17-11-35(55)51-28-19-26(20-28)39(57)47-13-16-54-15-10-34(41(54)59)52-38-31-21-27(42(43,44)45)4-9-33(31)49-24-50-38/h2-4,9,12,21,23-24,26,28-30,32,34,37H,5-8,10-11,13-20,22H2,1H3,(H,47,57)(H,48,58)(H,51,55)(H,49,50,52)/t26-,28+,29-,30-,32-,34-,37+/m0/s1. The molecule has 2 saturated carbocycles. The summed E-state index contributed by atoms with van der Waals surface area (Å²) in [6.07, 6.45) is 5.22. The van der Waals surface area contributed by atoms with Crippen molar-refractivity contribution in [2.75, 3.05) is 51.8 Å². The predicted octanol–water partition coefficient (Wildman–Crippen LogP) is 3.14. The first-order valence-corrected chi connectivity index (χ1v) is 20.9. The highest BCUT2D eigenvalue weighted by atomic mass is 19.4. The van der Waals surface area contributed by atoms with E-state index in [4.69, 9.17) is 9.47 Å². The Labute approximate surface area is 351 Å². The van der Waals surface area contributed by atoms with Gasteiger partial charge in [-0.2, -0.15) is 13.2 Å². The van der Waals surface area contributed by atoms with Crippen LogP contribution in [0.4, 0.5) is 19.0 Å². The van der Waals surface area contributed by atoms with Crippen molar-refractivity contribution in [3.05, 3.63) is 60.2 Å². The highest BCUT2D eigenvalue weighted by Crippen LogP contribution is 2.37. The molecule has 16 nitrogen and oxygen atoms in total. The number of hydrogen-bond acceptors (Lipinski definition) is 11. The van der Waals surface area contributed by atoms with Gasteiger partial charge in [-0.3, -0.25) is 29.0 Å². The largest absolute Gasteiger partial charge is 0.416 e. The second-order valence-corrected chi connectivity index (χ2v) is 16.2. The van der Waals surface area contributed by atoms with E-state index in [1.807, 2.05) is 6.07 Å². The predicted molar refractivity (Wildman–Crippen MR) is 214 cm³/mol. The molecule has 0 spiro atoms. The average Bonchev–Trinajstić information content (AvgIpc) is 3.73. The van der Waals surface area contributed by atoms with Crippen LogP contribution in [-0.4, -0.2) is 125 Å². The molecular formula is C42H52F3N9O7. The molecule has 3 aromatic rings. The van der Waals surface area contributed by atoms with E-state index in [2.05, 4.69) is 36.2 Å². The zero-order chi connectivity index (χ0) is 43.1. The summed E-state index contributed by atoms with van der Waals surface area (Å²) in [5, 5.41) is 11.9. The lowest BCUT2D eigenvalue weighted by Crippen LogP contribution is -2.50. The third-order valence-corrected chi connectivity index (χ3v) is 12.1. The van der Waals surface area contributed by atoms with E-state index in [-0.39, 0.29) is 96.9 Å². The molecule has 2 aliphatic carbocycles. The van der Waals surface area contributed by atoms with Gasteiger partial charge >= 0.3 is 6.18 Å². The lowest BCUT2D eigenvalue weighted by atomic mass is 9.79. The van der Waals surface area contributed by atoms with Gasteiger partial charge in [-0.25, -0.2) is 9.97 Å². The molecule has 4 aliphatic rings. The van der Waals surface area contributed by atoms with Crippen molar-refractivity contribution in [3.8, 4) is 0 Å². The van der Waals surface area contributed by atoms with Crippen LogP contribution >= 0.6 is 0 Å². The maximum absolute atomic E-state index is 13.3. The summed E-state index contributed by atoms with van der Waals surface area (Å²) in [6, 6.07) is 5.75. The fourth-order valence-corrected chi connectivity index (χ4v) is 8.64. The molecule has 7 rings (SSSR count). The highest BCUT2D eigenvalue weighted by molar-refractivity contribution is 5.93. The first-order chi connectivity index (χ1) is 29.3. The maximum atomic E-state index is 13.3. The lowest BCUT2D eigenvalue weighted by Gasteiger charge is -2.35. The molecule has 4 fully saturated rings. The van der Waals surface area contributed by atoms with Gasteiger partial charge in [0.2, 0.25) is 29.5 Å². The van der Waals surface area contributed by atoms with Crippen LogP contribution in [0.5, 0.6) is 0 Å². The smallest absolute Gasteiger partial charge is 0.378 e. The Morgan fingerprint density at radius 2 is 1.66 bits per heavy atom. The maximum Gasteiger partial charge on any atom is 0.416 e. The number of hydrogen-bond donors (Lipinski definition) is 4. The molecule has 1 aromatic carbocycles. The first kappa shape index (κ1) is 43.7. The number of rotatable bonds is 17. The number of carbonyl (C=O) groups is 5. The number of carbonyl (C=O) groups excluding carboxylic acids is 5. The second kappa shape index (κ2) is 19.5. The number of halogens is 3. The molecule has 4 heterocycles. The Morgan fingerprint density at radius 3 is 2.38 bits per heavy atom. The van der Waals surface area contributed by atoms with E-state index >= 15 is 0 Å². The molecule has 19 heteroatoms. The van der Waals surface area contributed by atoms with Crippen molar-refractivity contribution in [1.29, 1.82) is 0 Å². The number of amides is 5. The third kappa shape index (κ3) is 10.9. The summed E-state index contributed by atoms with van der Waals surface area (Å²) in [4.78, 5) is 79.3. The fraction of sp³-hybridized carbons (Fsp3) is 0.571. The quantitative estimate of drug-likeness (QED) is 0.146. The molecular weight excluding hydrogens is 800 g/mol. The van der Waals surface area contributed by atoms with E-state index in [1.54, 1.807) is 35.3 Å². The molecule has 3 atom stereocenters. The van der Waals surface area contributed by atoms with Gasteiger partial charge in [-0.15, -0.1) is 0 Å². The molecule has 2 saturated heterocycles. The van der Waals surface area contributed by atoms with Crippen LogP contribution in [0.1, 0.15) is 75.0 Å². The van der Waals surface area contributed by atoms with E-state index < -0.39 is 23.7 Å². The zero-order valence-corrected chi connectivity index (χ0v) is 34.0. The van der Waals surface area contributed by atoms with Crippen LogP contribution < -0.4 is 21.3 Å². The molecule has 5 amide bonds. The summed E-state index contributed by atoms with van der Waals surface area (Å²) < 4.78 is 51.9. The van der Waals surface area contributed by atoms with Crippen molar-refractivity contribution < 1.29 is 46.6 Å². The van der Waals surface area contributed by atoms with Crippen LogP contribution in [0.25, 0.3) is 10.9 Å². The van der Waals surface area contributed by atoms with E-state index in [0.717, 1.165) is 43.4 Å². The number of nitrogens with zero attached hydrogens (tertiary/aromatic N) is 5. The number of pyridine rings is 1. The molecule has 328 valence electrons. The van der Waals surface area contributed by atoms with Crippen molar-refractivity contribution in [1.82, 2.24) is 40.7 Å². The number of benzene rings is 1. The molecule has 0 radical (unpaired) electrons. The lowest BCUT2D eigenvalue weighted by molar-refractivity contribution is -0.137. The minimum Gasteiger partial charge on any atom is -0.378 e. The summed E-state index contributed by atoms with van der Waals surface area (Å²) in [5.74, 6) is -1.33. The number of alkyl halides is 3. The summed E-state index contributed by atoms with van der Waals surface area (Å²) in [7, 11) is 1.71. The Kier molecular flexibility index (Phi) is 14.0. The molecule has 61 heavy (non-hydrogen) atoms. The van der Waals surface area contributed by atoms with Crippen molar-refractivity contribution in [2.45, 2.75) is 94.3 Å². The van der Waals surface area contributed by atoms with E-state index in [1.165, 1.54) is 12.4 Å². The minimum atomic E-state index is -4.53. The Bertz CT molecular complexity index is 2050. The Morgan fingerprint density at radius 1 is 0.918 bits per heavy atom. The van der Waals surface area contributed by atoms with Crippen molar-refractivity contribution in [3.63, 3.8) is 0 Å².